The van der Waals surface area contributed by atoms with Crippen molar-refractivity contribution in [2.75, 3.05) is 7.11 Å². The lowest BCUT2D eigenvalue weighted by atomic mass is 10.2. The maximum atomic E-state index is 12.5. The largest absolute Gasteiger partial charge is 0.465 e. The van der Waals surface area contributed by atoms with Crippen LogP contribution in [0.15, 0.2) is 87.7 Å². The Morgan fingerprint density at radius 2 is 1.75 bits per heavy atom. The first kappa shape index (κ1) is 19.2. The van der Waals surface area contributed by atoms with E-state index in [9.17, 15) is 9.59 Å². The van der Waals surface area contributed by atoms with Gasteiger partial charge in [0.15, 0.2) is 0 Å². The summed E-state index contributed by atoms with van der Waals surface area (Å²) in [7, 11) is 1.27. The molecule has 0 aliphatic rings. The highest BCUT2D eigenvalue weighted by Crippen LogP contribution is 2.09. The minimum atomic E-state index is -0.591. The van der Waals surface area contributed by atoms with E-state index in [0.717, 1.165) is 21.6 Å². The molecule has 3 aromatic rings. The first-order valence-electron chi connectivity index (χ1n) is 8.39. The van der Waals surface area contributed by atoms with Gasteiger partial charge in [-0.3, -0.25) is 4.79 Å². The zero-order valence-electron chi connectivity index (χ0n) is 15.1. The van der Waals surface area contributed by atoms with Crippen LogP contribution in [0.4, 0.5) is 5.69 Å². The molecule has 0 radical (unpaired) electrons. The predicted molar refractivity (Wildman–Crippen MR) is 111 cm³/mol. The van der Waals surface area contributed by atoms with Crippen molar-refractivity contribution in [3.63, 3.8) is 0 Å². The summed E-state index contributed by atoms with van der Waals surface area (Å²) in [6.07, 6.45) is 5.10. The minimum Gasteiger partial charge on any atom is -0.465 e. The molecular weight excluding hydrogens is 374 g/mol. The van der Waals surface area contributed by atoms with Gasteiger partial charge in [0.2, 0.25) is 4.80 Å². The number of hydrogen-bond acceptors (Lipinski definition) is 6. The second-order valence-corrected chi connectivity index (χ2v) is 6.53. The summed E-state index contributed by atoms with van der Waals surface area (Å²) < 4.78 is 5.87. The zero-order chi connectivity index (χ0) is 19.8. The molecule has 1 heterocycles. The summed E-state index contributed by atoms with van der Waals surface area (Å²) in [6.45, 7) is 0. The summed E-state index contributed by atoms with van der Waals surface area (Å²) >= 11 is 1.03. The zero-order valence-corrected chi connectivity index (χ0v) is 15.9. The number of aromatic nitrogens is 1. The van der Waals surface area contributed by atoms with Gasteiger partial charge in [0.1, 0.15) is 4.88 Å². The predicted octanol–water partition coefficient (Wildman–Crippen LogP) is 3.48. The van der Waals surface area contributed by atoms with E-state index in [1.54, 1.807) is 18.2 Å². The van der Waals surface area contributed by atoms with Crippen molar-refractivity contribution in [2.24, 2.45) is 10.1 Å². The van der Waals surface area contributed by atoms with Crippen LogP contribution in [0.3, 0.4) is 0 Å². The Bertz CT molecular complexity index is 1130. The van der Waals surface area contributed by atoms with Crippen LogP contribution in [0.25, 0.3) is 6.08 Å². The van der Waals surface area contributed by atoms with Crippen LogP contribution in [0.2, 0.25) is 0 Å². The van der Waals surface area contributed by atoms with E-state index in [1.807, 2.05) is 54.6 Å². The third-order valence-corrected chi connectivity index (χ3v) is 4.52. The third-order valence-electron chi connectivity index (χ3n) is 3.57. The van der Waals surface area contributed by atoms with Crippen LogP contribution < -0.4 is 10.4 Å². The van der Waals surface area contributed by atoms with Gasteiger partial charge in [0.25, 0.3) is 5.56 Å². The van der Waals surface area contributed by atoms with E-state index >= 15 is 0 Å². The van der Waals surface area contributed by atoms with Crippen molar-refractivity contribution in [2.45, 2.75) is 0 Å². The summed E-state index contributed by atoms with van der Waals surface area (Å²) in [6, 6.07) is 20.1. The lowest BCUT2D eigenvalue weighted by molar-refractivity contribution is 0.0606. The molecular formula is C21H17N3O3S. The number of ether oxygens (including phenoxy) is 1. The lowest BCUT2D eigenvalue weighted by Gasteiger charge is -2.02. The Kier molecular flexibility index (Phi) is 6.43. The number of benzene rings is 2. The Balaban J connectivity index is 2.03. The molecule has 0 amide bonds. The van der Waals surface area contributed by atoms with Gasteiger partial charge in [-0.2, -0.15) is 9.78 Å². The highest BCUT2D eigenvalue weighted by molar-refractivity contribution is 7.11. The van der Waals surface area contributed by atoms with Crippen molar-refractivity contribution in [1.82, 2.24) is 4.68 Å². The maximum Gasteiger partial charge on any atom is 0.348 e. The van der Waals surface area contributed by atoms with E-state index in [-0.39, 0.29) is 9.68 Å². The van der Waals surface area contributed by atoms with Crippen molar-refractivity contribution >= 4 is 35.3 Å². The average Bonchev–Trinajstić information content (AvgIpc) is 2.73. The second kappa shape index (κ2) is 9.38. The Morgan fingerprint density at radius 1 is 1.07 bits per heavy atom. The number of carbonyl (C=O) groups excluding carboxylic acids is 1. The van der Waals surface area contributed by atoms with Crippen LogP contribution in [-0.4, -0.2) is 24.0 Å². The van der Waals surface area contributed by atoms with Gasteiger partial charge in [-0.1, -0.05) is 65.9 Å². The van der Waals surface area contributed by atoms with Crippen LogP contribution in [0.5, 0.6) is 0 Å². The SMILES string of the molecule is COC(=O)c1cc(=O)n(/N=C/C=C/c2ccccc2)c(=Nc2ccccc2)s1. The Morgan fingerprint density at radius 3 is 2.43 bits per heavy atom. The van der Waals surface area contributed by atoms with E-state index in [4.69, 9.17) is 4.74 Å². The summed E-state index contributed by atoms with van der Waals surface area (Å²) in [4.78, 5) is 29.2. The Labute approximate surface area is 165 Å². The maximum absolute atomic E-state index is 12.5. The summed E-state index contributed by atoms with van der Waals surface area (Å²) in [5.41, 5.74) is 1.18. The quantitative estimate of drug-likeness (QED) is 0.494. The van der Waals surface area contributed by atoms with Crippen molar-refractivity contribution < 1.29 is 9.53 Å². The van der Waals surface area contributed by atoms with Crippen molar-refractivity contribution in [3.8, 4) is 0 Å². The van der Waals surface area contributed by atoms with Crippen molar-refractivity contribution in [3.05, 3.63) is 98.4 Å². The molecule has 2 aromatic carbocycles. The topological polar surface area (TPSA) is 73.0 Å². The molecule has 3 rings (SSSR count). The van der Waals surface area contributed by atoms with Crippen molar-refractivity contribution in [1.29, 1.82) is 0 Å². The van der Waals surface area contributed by atoms with Gasteiger partial charge in [0, 0.05) is 12.3 Å². The van der Waals surface area contributed by atoms with Crippen LogP contribution in [0, 0.1) is 0 Å². The molecule has 0 saturated heterocycles. The molecule has 0 bridgehead atoms. The monoisotopic (exact) mass is 391 g/mol. The van der Waals surface area contributed by atoms with Gasteiger partial charge < -0.3 is 4.74 Å². The minimum absolute atomic E-state index is 0.161. The van der Waals surface area contributed by atoms with Crippen LogP contribution >= 0.6 is 11.3 Å². The van der Waals surface area contributed by atoms with Crippen LogP contribution in [-0.2, 0) is 4.74 Å². The number of rotatable bonds is 5. The molecule has 0 N–H and O–H groups in total. The molecule has 0 atom stereocenters. The first-order chi connectivity index (χ1) is 13.7. The molecule has 0 fully saturated rings. The van der Waals surface area contributed by atoms with E-state index in [0.29, 0.717) is 5.69 Å². The van der Waals surface area contributed by atoms with Gasteiger partial charge >= 0.3 is 5.97 Å². The van der Waals surface area contributed by atoms with Gasteiger partial charge in [-0.05, 0) is 23.8 Å². The standard InChI is InChI=1S/C21H17N3O3S/c1-27-20(26)18-15-19(25)24(21(28-18)23-17-12-6-3-7-13-17)22-14-8-11-16-9-4-2-5-10-16/h2-15H,1H3/b11-8+,22-14+,23-21?. The molecule has 0 saturated carbocycles. The smallest absolute Gasteiger partial charge is 0.348 e. The highest BCUT2D eigenvalue weighted by Gasteiger charge is 2.11. The molecule has 7 heteroatoms. The molecule has 0 unspecified atom stereocenters. The second-order valence-electron chi connectivity index (χ2n) is 5.52. The fourth-order valence-electron chi connectivity index (χ4n) is 2.25. The van der Waals surface area contributed by atoms with E-state index in [2.05, 4.69) is 10.1 Å². The first-order valence-corrected chi connectivity index (χ1v) is 9.20. The van der Waals surface area contributed by atoms with E-state index < -0.39 is 11.5 Å². The summed E-state index contributed by atoms with van der Waals surface area (Å²) in [5.74, 6) is -0.591. The molecule has 140 valence electrons. The Hall–Kier alpha value is -3.58. The number of carbonyl (C=O) groups is 1. The number of hydrogen-bond donors (Lipinski definition) is 0. The molecule has 0 aliphatic carbocycles. The lowest BCUT2D eigenvalue weighted by Crippen LogP contribution is -2.29. The molecule has 1 aromatic heterocycles. The molecule has 6 nitrogen and oxygen atoms in total. The third kappa shape index (κ3) is 4.99. The van der Waals surface area contributed by atoms with Gasteiger partial charge in [-0.25, -0.2) is 9.79 Å². The fraction of sp³-hybridized carbons (Fsp3) is 0.0476. The highest BCUT2D eigenvalue weighted by atomic mass is 32.1. The number of nitrogens with zero attached hydrogens (tertiary/aromatic N) is 3. The molecule has 28 heavy (non-hydrogen) atoms. The van der Waals surface area contributed by atoms with Gasteiger partial charge in [0.05, 0.1) is 12.8 Å². The average molecular weight is 391 g/mol. The fourth-order valence-corrected chi connectivity index (χ4v) is 3.15. The normalized spacial score (nSPS) is 12.0. The summed E-state index contributed by atoms with van der Waals surface area (Å²) in [5, 5.41) is 4.20. The van der Waals surface area contributed by atoms with Gasteiger partial charge in [-0.15, -0.1) is 0 Å². The number of methoxy groups -OCH3 is 1. The van der Waals surface area contributed by atoms with E-state index in [1.165, 1.54) is 19.4 Å². The van der Waals surface area contributed by atoms with Crippen LogP contribution in [0.1, 0.15) is 15.2 Å². The molecule has 0 aliphatic heterocycles. The number of allylic oxidation sites excluding steroid dienone is 1. The molecule has 0 spiro atoms. The number of esters is 1. The number of para-hydroxylation sites is 1.